The van der Waals surface area contributed by atoms with E-state index in [-0.39, 0.29) is 11.3 Å². The molecule has 1 fully saturated rings. The molecular formula is C14H20BrNO2. The fraction of sp³-hybridized carbons (Fsp3) is 0.571. The maximum Gasteiger partial charge on any atom is 0.164 e. The van der Waals surface area contributed by atoms with Gasteiger partial charge in [-0.2, -0.15) is 0 Å². The first-order chi connectivity index (χ1) is 8.42. The second-order valence-electron chi connectivity index (χ2n) is 5.18. The summed E-state index contributed by atoms with van der Waals surface area (Å²) in [5, 5.41) is 14.0. The zero-order valence-electron chi connectivity index (χ0n) is 11.4. The Balaban J connectivity index is 2.70. The molecule has 0 aromatic heterocycles. The van der Waals surface area contributed by atoms with Crippen molar-refractivity contribution in [2.24, 2.45) is 0 Å². The van der Waals surface area contributed by atoms with E-state index in [4.69, 9.17) is 4.74 Å². The third-order valence-electron chi connectivity index (χ3n) is 3.95. The molecule has 0 amide bonds. The summed E-state index contributed by atoms with van der Waals surface area (Å²) >= 11 is 3.61. The molecule has 2 N–H and O–H groups in total. The van der Waals surface area contributed by atoms with Gasteiger partial charge in [0, 0.05) is 21.1 Å². The largest absolute Gasteiger partial charge is 0.504 e. The van der Waals surface area contributed by atoms with Gasteiger partial charge in [0.05, 0.1) is 7.11 Å². The standard InChI is InChI=1S/C14H20BrNO2/c1-8-10(14(3)6-5-7-16-14)12(17)13(18-4)9(2)11(8)15/h16-17H,5-7H2,1-4H3. The van der Waals surface area contributed by atoms with E-state index >= 15 is 0 Å². The fourth-order valence-electron chi connectivity index (χ4n) is 2.99. The third kappa shape index (κ3) is 1.91. The predicted molar refractivity (Wildman–Crippen MR) is 76.4 cm³/mol. The molecule has 1 aromatic carbocycles. The zero-order chi connectivity index (χ0) is 13.5. The van der Waals surface area contributed by atoms with Crippen molar-refractivity contribution in [3.8, 4) is 11.5 Å². The van der Waals surface area contributed by atoms with E-state index in [1.54, 1.807) is 7.11 Å². The lowest BCUT2D eigenvalue weighted by Crippen LogP contribution is -2.34. The van der Waals surface area contributed by atoms with Gasteiger partial charge in [0.1, 0.15) is 0 Å². The number of rotatable bonds is 2. The highest BCUT2D eigenvalue weighted by molar-refractivity contribution is 9.10. The Labute approximate surface area is 117 Å². The highest BCUT2D eigenvalue weighted by Gasteiger charge is 2.36. The lowest BCUT2D eigenvalue weighted by molar-refractivity contribution is 0.347. The quantitative estimate of drug-likeness (QED) is 0.879. The van der Waals surface area contributed by atoms with Crippen LogP contribution < -0.4 is 10.1 Å². The molecule has 3 nitrogen and oxygen atoms in total. The van der Waals surface area contributed by atoms with Crippen molar-refractivity contribution in [2.45, 2.75) is 39.2 Å². The number of benzene rings is 1. The van der Waals surface area contributed by atoms with Crippen LogP contribution >= 0.6 is 15.9 Å². The molecule has 1 aliphatic rings. The molecule has 100 valence electrons. The van der Waals surface area contributed by atoms with Crippen LogP contribution in [0.4, 0.5) is 0 Å². The molecule has 4 heteroatoms. The minimum Gasteiger partial charge on any atom is -0.504 e. The summed E-state index contributed by atoms with van der Waals surface area (Å²) < 4.78 is 6.36. The van der Waals surface area contributed by atoms with Crippen molar-refractivity contribution < 1.29 is 9.84 Å². The zero-order valence-corrected chi connectivity index (χ0v) is 12.9. The Morgan fingerprint density at radius 3 is 2.50 bits per heavy atom. The summed E-state index contributed by atoms with van der Waals surface area (Å²) in [4.78, 5) is 0. The van der Waals surface area contributed by atoms with Crippen LogP contribution in [0, 0.1) is 13.8 Å². The minimum atomic E-state index is -0.169. The van der Waals surface area contributed by atoms with Gasteiger partial charge in [0.15, 0.2) is 11.5 Å². The van der Waals surface area contributed by atoms with E-state index < -0.39 is 0 Å². The summed E-state index contributed by atoms with van der Waals surface area (Å²) in [7, 11) is 1.60. The van der Waals surface area contributed by atoms with E-state index in [9.17, 15) is 5.11 Å². The van der Waals surface area contributed by atoms with Crippen LogP contribution in [0.3, 0.4) is 0 Å². The topological polar surface area (TPSA) is 41.5 Å². The Hall–Kier alpha value is -0.740. The number of hydrogen-bond donors (Lipinski definition) is 2. The smallest absolute Gasteiger partial charge is 0.164 e. The number of phenolic OH excluding ortho intramolecular Hbond substituents is 1. The second kappa shape index (κ2) is 4.74. The lowest BCUT2D eigenvalue weighted by Gasteiger charge is -2.30. The van der Waals surface area contributed by atoms with Crippen LogP contribution in [0.1, 0.15) is 36.5 Å². The summed E-state index contributed by atoms with van der Waals surface area (Å²) in [6.45, 7) is 7.12. The van der Waals surface area contributed by atoms with Gasteiger partial charge < -0.3 is 15.2 Å². The van der Waals surface area contributed by atoms with Crippen LogP contribution in [0.2, 0.25) is 0 Å². The number of aromatic hydroxyl groups is 1. The number of nitrogens with one attached hydrogen (secondary N) is 1. The van der Waals surface area contributed by atoms with E-state index in [0.717, 1.165) is 40.5 Å². The normalized spacial score (nSPS) is 23.4. The first kappa shape index (κ1) is 13.7. The minimum absolute atomic E-state index is 0.169. The van der Waals surface area contributed by atoms with E-state index in [1.165, 1.54) is 0 Å². The number of halogens is 1. The number of phenols is 1. The predicted octanol–water partition coefficient (Wildman–Crippen LogP) is 3.38. The molecule has 1 aliphatic heterocycles. The number of methoxy groups -OCH3 is 1. The Bertz CT molecular complexity index is 479. The fourth-order valence-corrected chi connectivity index (χ4v) is 3.37. The van der Waals surface area contributed by atoms with Gasteiger partial charge in [-0.05, 0) is 45.7 Å². The van der Waals surface area contributed by atoms with Gasteiger partial charge in [0.25, 0.3) is 0 Å². The van der Waals surface area contributed by atoms with Crippen LogP contribution in [0.15, 0.2) is 4.47 Å². The van der Waals surface area contributed by atoms with Gasteiger partial charge >= 0.3 is 0 Å². The van der Waals surface area contributed by atoms with E-state index in [2.05, 4.69) is 28.2 Å². The molecular weight excluding hydrogens is 294 g/mol. The Morgan fingerprint density at radius 2 is 2.00 bits per heavy atom. The molecule has 18 heavy (non-hydrogen) atoms. The highest BCUT2D eigenvalue weighted by Crippen LogP contribution is 2.47. The molecule has 0 saturated carbocycles. The van der Waals surface area contributed by atoms with Crippen LogP contribution in [0.5, 0.6) is 11.5 Å². The van der Waals surface area contributed by atoms with Crippen molar-refractivity contribution in [3.63, 3.8) is 0 Å². The second-order valence-corrected chi connectivity index (χ2v) is 5.98. The van der Waals surface area contributed by atoms with Gasteiger partial charge in [-0.25, -0.2) is 0 Å². The molecule has 0 radical (unpaired) electrons. The van der Waals surface area contributed by atoms with Crippen molar-refractivity contribution in [1.82, 2.24) is 5.32 Å². The molecule has 1 aromatic rings. The summed E-state index contributed by atoms with van der Waals surface area (Å²) in [6, 6.07) is 0. The molecule has 1 saturated heterocycles. The maximum absolute atomic E-state index is 10.5. The first-order valence-corrected chi connectivity index (χ1v) is 7.03. The molecule has 0 bridgehead atoms. The van der Waals surface area contributed by atoms with Crippen molar-refractivity contribution in [3.05, 3.63) is 21.2 Å². The third-order valence-corrected chi connectivity index (χ3v) is 5.14. The van der Waals surface area contributed by atoms with Crippen LogP contribution in [0.25, 0.3) is 0 Å². The number of ether oxygens (including phenoxy) is 1. The van der Waals surface area contributed by atoms with Crippen molar-refractivity contribution in [1.29, 1.82) is 0 Å². The molecule has 2 rings (SSSR count). The van der Waals surface area contributed by atoms with Crippen LogP contribution in [-0.2, 0) is 5.54 Å². The monoisotopic (exact) mass is 313 g/mol. The summed E-state index contributed by atoms with van der Waals surface area (Å²) in [5.41, 5.74) is 2.81. The Morgan fingerprint density at radius 1 is 1.33 bits per heavy atom. The molecule has 0 spiro atoms. The SMILES string of the molecule is COc1c(C)c(Br)c(C)c(C2(C)CCCN2)c1O. The first-order valence-electron chi connectivity index (χ1n) is 6.23. The summed E-state index contributed by atoms with van der Waals surface area (Å²) in [5.74, 6) is 0.838. The summed E-state index contributed by atoms with van der Waals surface area (Å²) in [6.07, 6.45) is 2.16. The van der Waals surface area contributed by atoms with Gasteiger partial charge in [-0.3, -0.25) is 0 Å². The van der Waals surface area contributed by atoms with E-state index in [1.807, 2.05) is 13.8 Å². The molecule has 0 aliphatic carbocycles. The van der Waals surface area contributed by atoms with Crippen molar-refractivity contribution >= 4 is 15.9 Å². The molecule has 1 atom stereocenters. The number of hydrogen-bond acceptors (Lipinski definition) is 3. The van der Waals surface area contributed by atoms with Gasteiger partial charge in [-0.15, -0.1) is 0 Å². The van der Waals surface area contributed by atoms with Crippen LogP contribution in [-0.4, -0.2) is 18.8 Å². The maximum atomic E-state index is 10.5. The molecule has 1 heterocycles. The van der Waals surface area contributed by atoms with Gasteiger partial charge in [-0.1, -0.05) is 15.9 Å². The average Bonchev–Trinajstić information content (AvgIpc) is 2.75. The highest BCUT2D eigenvalue weighted by atomic mass is 79.9. The Kier molecular flexibility index (Phi) is 3.60. The van der Waals surface area contributed by atoms with E-state index in [0.29, 0.717) is 5.75 Å². The average molecular weight is 314 g/mol. The molecule has 1 unspecified atom stereocenters. The van der Waals surface area contributed by atoms with Gasteiger partial charge in [0.2, 0.25) is 0 Å². The van der Waals surface area contributed by atoms with Crippen molar-refractivity contribution in [2.75, 3.05) is 13.7 Å². The lowest BCUT2D eigenvalue weighted by atomic mass is 9.85.